The minimum absolute atomic E-state index is 0.0652. The first-order valence-electron chi connectivity index (χ1n) is 6.49. The molecular weight excluding hydrogens is 224 g/mol. The zero-order valence-electron chi connectivity index (χ0n) is 11.8. The number of amides is 1. The van der Waals surface area contributed by atoms with Crippen LogP contribution < -0.4 is 11.1 Å². The quantitative estimate of drug-likeness (QED) is 0.840. The first-order chi connectivity index (χ1) is 8.40. The van der Waals surface area contributed by atoms with Crippen LogP contribution in [0.25, 0.3) is 0 Å². The highest BCUT2D eigenvalue weighted by molar-refractivity contribution is 5.81. The van der Waals surface area contributed by atoms with Gasteiger partial charge in [-0.1, -0.05) is 37.6 Å². The van der Waals surface area contributed by atoms with E-state index >= 15 is 0 Å². The summed E-state index contributed by atoms with van der Waals surface area (Å²) in [5.74, 6) is 0.371. The Bertz CT molecular complexity index is 413. The number of aryl methyl sites for hydroxylation is 2. The highest BCUT2D eigenvalue weighted by atomic mass is 16.2. The van der Waals surface area contributed by atoms with Gasteiger partial charge in [0.1, 0.15) is 0 Å². The summed E-state index contributed by atoms with van der Waals surface area (Å²) in [6.07, 6.45) is 0.721. The SMILES string of the molecule is Cc1ccc(C)c(CNC(=O)C(N)CC(C)C)c1. The average Bonchev–Trinajstić information content (AvgIpc) is 2.29. The van der Waals surface area contributed by atoms with Gasteiger partial charge in [0.2, 0.25) is 5.91 Å². The average molecular weight is 248 g/mol. The molecule has 1 amide bonds. The van der Waals surface area contributed by atoms with E-state index in [0.29, 0.717) is 12.5 Å². The standard InChI is InChI=1S/C15H24N2O/c1-10(2)7-14(16)15(18)17-9-13-8-11(3)5-6-12(13)4/h5-6,8,10,14H,7,9,16H2,1-4H3,(H,17,18). The minimum atomic E-state index is -0.407. The van der Waals surface area contributed by atoms with E-state index in [1.807, 2.05) is 0 Å². The third kappa shape index (κ3) is 4.49. The fraction of sp³-hybridized carbons (Fsp3) is 0.533. The van der Waals surface area contributed by atoms with Gasteiger partial charge in [-0.15, -0.1) is 0 Å². The van der Waals surface area contributed by atoms with Gasteiger partial charge in [0.25, 0.3) is 0 Å². The summed E-state index contributed by atoms with van der Waals surface area (Å²) in [6, 6.07) is 5.84. The van der Waals surface area contributed by atoms with E-state index in [4.69, 9.17) is 5.73 Å². The van der Waals surface area contributed by atoms with E-state index in [2.05, 4.69) is 51.2 Å². The lowest BCUT2D eigenvalue weighted by molar-refractivity contribution is -0.122. The molecule has 0 fully saturated rings. The van der Waals surface area contributed by atoms with Crippen molar-refractivity contribution in [3.8, 4) is 0 Å². The fourth-order valence-electron chi connectivity index (χ4n) is 1.92. The molecule has 0 saturated carbocycles. The maximum atomic E-state index is 11.8. The summed E-state index contributed by atoms with van der Waals surface area (Å²) in [7, 11) is 0. The molecule has 0 aliphatic rings. The lowest BCUT2D eigenvalue weighted by Crippen LogP contribution is -2.41. The van der Waals surface area contributed by atoms with Crippen molar-refractivity contribution in [2.75, 3.05) is 0 Å². The van der Waals surface area contributed by atoms with Crippen molar-refractivity contribution < 1.29 is 4.79 Å². The van der Waals surface area contributed by atoms with E-state index in [0.717, 1.165) is 12.0 Å². The van der Waals surface area contributed by atoms with Crippen LogP contribution in [0.5, 0.6) is 0 Å². The molecule has 0 heterocycles. The Labute approximate surface area is 110 Å². The van der Waals surface area contributed by atoms with Crippen LogP contribution in [0, 0.1) is 19.8 Å². The van der Waals surface area contributed by atoms with Crippen molar-refractivity contribution >= 4 is 5.91 Å². The molecule has 1 atom stereocenters. The van der Waals surface area contributed by atoms with Crippen LogP contribution in [0.15, 0.2) is 18.2 Å². The number of nitrogens with one attached hydrogen (secondary N) is 1. The molecule has 1 rings (SSSR count). The molecule has 0 aromatic heterocycles. The number of benzene rings is 1. The van der Waals surface area contributed by atoms with Gasteiger partial charge in [-0.25, -0.2) is 0 Å². The van der Waals surface area contributed by atoms with E-state index in [-0.39, 0.29) is 5.91 Å². The molecular formula is C15H24N2O. The molecule has 0 spiro atoms. The van der Waals surface area contributed by atoms with Crippen LogP contribution in [0.2, 0.25) is 0 Å². The lowest BCUT2D eigenvalue weighted by atomic mass is 10.0. The highest BCUT2D eigenvalue weighted by Crippen LogP contribution is 2.10. The maximum absolute atomic E-state index is 11.8. The summed E-state index contributed by atoms with van der Waals surface area (Å²) >= 11 is 0. The number of carbonyl (C=O) groups excluding carboxylic acids is 1. The molecule has 1 unspecified atom stereocenters. The van der Waals surface area contributed by atoms with Crippen molar-refractivity contribution in [1.82, 2.24) is 5.32 Å². The van der Waals surface area contributed by atoms with E-state index in [9.17, 15) is 4.79 Å². The second kappa shape index (κ2) is 6.55. The van der Waals surface area contributed by atoms with Crippen LogP contribution in [0.3, 0.4) is 0 Å². The molecule has 0 aliphatic heterocycles. The Balaban J connectivity index is 2.54. The van der Waals surface area contributed by atoms with Crippen molar-refractivity contribution in [2.45, 2.75) is 46.7 Å². The van der Waals surface area contributed by atoms with Crippen molar-refractivity contribution in [2.24, 2.45) is 11.7 Å². The molecule has 100 valence electrons. The zero-order valence-corrected chi connectivity index (χ0v) is 11.8. The van der Waals surface area contributed by atoms with Gasteiger partial charge in [0.05, 0.1) is 6.04 Å². The van der Waals surface area contributed by atoms with Gasteiger partial charge in [-0.3, -0.25) is 4.79 Å². The maximum Gasteiger partial charge on any atom is 0.237 e. The molecule has 1 aromatic rings. The second-order valence-corrected chi connectivity index (χ2v) is 5.38. The van der Waals surface area contributed by atoms with Crippen LogP contribution in [-0.2, 0) is 11.3 Å². The molecule has 18 heavy (non-hydrogen) atoms. The van der Waals surface area contributed by atoms with Gasteiger partial charge < -0.3 is 11.1 Å². The third-order valence-corrected chi connectivity index (χ3v) is 3.02. The monoisotopic (exact) mass is 248 g/mol. The topological polar surface area (TPSA) is 55.1 Å². The number of rotatable bonds is 5. The molecule has 0 bridgehead atoms. The Morgan fingerprint density at radius 2 is 2.00 bits per heavy atom. The number of hydrogen-bond acceptors (Lipinski definition) is 2. The lowest BCUT2D eigenvalue weighted by Gasteiger charge is -2.15. The third-order valence-electron chi connectivity index (χ3n) is 3.02. The van der Waals surface area contributed by atoms with Gasteiger partial charge in [0.15, 0.2) is 0 Å². The van der Waals surface area contributed by atoms with Gasteiger partial charge in [-0.2, -0.15) is 0 Å². The Morgan fingerprint density at radius 1 is 1.33 bits per heavy atom. The molecule has 3 heteroatoms. The van der Waals surface area contributed by atoms with Crippen molar-refractivity contribution in [3.05, 3.63) is 34.9 Å². The molecule has 3 nitrogen and oxygen atoms in total. The second-order valence-electron chi connectivity index (χ2n) is 5.38. The van der Waals surface area contributed by atoms with E-state index in [1.165, 1.54) is 11.1 Å². The Kier molecular flexibility index (Phi) is 5.35. The Hall–Kier alpha value is -1.35. The molecule has 0 radical (unpaired) electrons. The van der Waals surface area contributed by atoms with Gasteiger partial charge in [-0.05, 0) is 37.3 Å². The summed E-state index contributed by atoms with van der Waals surface area (Å²) in [4.78, 5) is 11.8. The number of nitrogens with two attached hydrogens (primary N) is 1. The first kappa shape index (κ1) is 14.7. The molecule has 0 saturated heterocycles. The smallest absolute Gasteiger partial charge is 0.237 e. The molecule has 3 N–H and O–H groups in total. The minimum Gasteiger partial charge on any atom is -0.351 e. The number of hydrogen-bond donors (Lipinski definition) is 2. The van der Waals surface area contributed by atoms with E-state index < -0.39 is 6.04 Å². The normalized spacial score (nSPS) is 12.6. The van der Waals surface area contributed by atoms with Crippen molar-refractivity contribution in [3.63, 3.8) is 0 Å². The molecule has 0 aliphatic carbocycles. The Morgan fingerprint density at radius 3 is 2.61 bits per heavy atom. The predicted octanol–water partition coefficient (Wildman–Crippen LogP) is 2.29. The van der Waals surface area contributed by atoms with Crippen LogP contribution in [0.1, 0.15) is 37.0 Å². The fourth-order valence-corrected chi connectivity index (χ4v) is 1.92. The van der Waals surface area contributed by atoms with Crippen LogP contribution >= 0.6 is 0 Å². The summed E-state index contributed by atoms with van der Waals surface area (Å²) in [5.41, 5.74) is 9.39. The first-order valence-corrected chi connectivity index (χ1v) is 6.49. The molecule has 1 aromatic carbocycles. The van der Waals surface area contributed by atoms with E-state index in [1.54, 1.807) is 0 Å². The van der Waals surface area contributed by atoms with Crippen LogP contribution in [-0.4, -0.2) is 11.9 Å². The summed E-state index contributed by atoms with van der Waals surface area (Å²) < 4.78 is 0. The summed E-state index contributed by atoms with van der Waals surface area (Å²) in [5, 5.41) is 2.91. The largest absolute Gasteiger partial charge is 0.351 e. The van der Waals surface area contributed by atoms with Gasteiger partial charge in [0, 0.05) is 6.54 Å². The van der Waals surface area contributed by atoms with Crippen LogP contribution in [0.4, 0.5) is 0 Å². The predicted molar refractivity (Wildman–Crippen MR) is 75.2 cm³/mol. The van der Waals surface area contributed by atoms with Gasteiger partial charge >= 0.3 is 0 Å². The highest BCUT2D eigenvalue weighted by Gasteiger charge is 2.14. The zero-order chi connectivity index (χ0) is 13.7. The number of carbonyl (C=O) groups is 1. The summed E-state index contributed by atoms with van der Waals surface area (Å²) in [6.45, 7) is 8.79. The van der Waals surface area contributed by atoms with Crippen molar-refractivity contribution in [1.29, 1.82) is 0 Å².